The van der Waals surface area contributed by atoms with Crippen LogP contribution in [0.2, 0.25) is 0 Å². The van der Waals surface area contributed by atoms with Crippen LogP contribution in [0.25, 0.3) is 10.2 Å². The molecule has 0 aromatic carbocycles. The van der Waals surface area contributed by atoms with Crippen molar-refractivity contribution in [2.24, 2.45) is 5.92 Å². The highest BCUT2D eigenvalue weighted by atomic mass is 32.1. The number of fused-ring (bicyclic) bond motifs is 1. The number of hydrogen-bond donors (Lipinski definition) is 1. The third-order valence-electron chi connectivity index (χ3n) is 4.91. The van der Waals surface area contributed by atoms with Gasteiger partial charge < -0.3 is 10.2 Å². The quantitative estimate of drug-likeness (QED) is 0.943. The molecule has 3 heterocycles. The number of hydrogen-bond acceptors (Lipinski definition) is 4. The van der Waals surface area contributed by atoms with Crippen molar-refractivity contribution in [1.29, 1.82) is 0 Å². The van der Waals surface area contributed by atoms with Gasteiger partial charge in [0.1, 0.15) is 0 Å². The van der Waals surface area contributed by atoms with E-state index in [9.17, 15) is 4.79 Å². The molecule has 4 nitrogen and oxygen atoms in total. The average molecular weight is 315 g/mol. The molecule has 2 aliphatic rings. The lowest BCUT2D eigenvalue weighted by Crippen LogP contribution is -2.35. The molecular formula is C17H21N3OS. The minimum atomic E-state index is 0.295. The first-order chi connectivity index (χ1) is 10.8. The highest BCUT2D eigenvalue weighted by molar-refractivity contribution is 7.17. The van der Waals surface area contributed by atoms with E-state index in [0.29, 0.717) is 17.9 Å². The van der Waals surface area contributed by atoms with Crippen molar-refractivity contribution in [1.82, 2.24) is 9.88 Å². The average Bonchev–Trinajstić information content (AvgIpc) is 3.28. The number of carbonyl (C=O) groups excluding carboxylic acids is 1. The molecule has 4 rings (SSSR count). The van der Waals surface area contributed by atoms with Crippen LogP contribution in [0.4, 0.5) is 5.69 Å². The summed E-state index contributed by atoms with van der Waals surface area (Å²) in [7, 11) is 0. The maximum Gasteiger partial charge on any atom is 0.225 e. The summed E-state index contributed by atoms with van der Waals surface area (Å²) in [5.41, 5.74) is 2.20. The Bertz CT molecular complexity index is 677. The van der Waals surface area contributed by atoms with Gasteiger partial charge in [-0.15, -0.1) is 11.3 Å². The van der Waals surface area contributed by atoms with Crippen molar-refractivity contribution in [3.05, 3.63) is 23.7 Å². The standard InChI is InChI=1S/C17H21N3OS/c21-17(12-3-1-2-4-12)20-9-6-13(11-20)19-15-5-8-18-14-7-10-22-16(14)15/h5,7-8,10,12-13H,1-4,6,9,11H2,(H,18,19). The zero-order valence-corrected chi connectivity index (χ0v) is 13.4. The third kappa shape index (κ3) is 2.58. The molecule has 0 radical (unpaired) electrons. The Labute approximate surface area is 134 Å². The number of amides is 1. The number of aromatic nitrogens is 1. The van der Waals surface area contributed by atoms with E-state index in [-0.39, 0.29) is 0 Å². The van der Waals surface area contributed by atoms with Crippen molar-refractivity contribution >= 4 is 33.1 Å². The molecule has 2 aromatic rings. The number of anilines is 1. The molecule has 1 atom stereocenters. The molecule has 0 spiro atoms. The van der Waals surface area contributed by atoms with Gasteiger partial charge in [-0.25, -0.2) is 0 Å². The van der Waals surface area contributed by atoms with Gasteiger partial charge in [0.25, 0.3) is 0 Å². The first kappa shape index (κ1) is 14.0. The molecule has 1 aliphatic carbocycles. The summed E-state index contributed by atoms with van der Waals surface area (Å²) in [5.74, 6) is 0.682. The fourth-order valence-electron chi connectivity index (χ4n) is 3.72. The van der Waals surface area contributed by atoms with Crippen molar-refractivity contribution in [2.45, 2.75) is 38.1 Å². The van der Waals surface area contributed by atoms with E-state index in [4.69, 9.17) is 0 Å². The van der Waals surface area contributed by atoms with Crippen LogP contribution in [0.15, 0.2) is 23.7 Å². The number of pyridine rings is 1. The largest absolute Gasteiger partial charge is 0.379 e. The number of rotatable bonds is 3. The first-order valence-corrected chi connectivity index (χ1v) is 9.07. The predicted molar refractivity (Wildman–Crippen MR) is 90.2 cm³/mol. The van der Waals surface area contributed by atoms with E-state index in [0.717, 1.165) is 43.6 Å². The summed E-state index contributed by atoms with van der Waals surface area (Å²) in [4.78, 5) is 19.0. The van der Waals surface area contributed by atoms with Crippen LogP contribution in [0.1, 0.15) is 32.1 Å². The van der Waals surface area contributed by atoms with Gasteiger partial charge in [0, 0.05) is 31.2 Å². The van der Waals surface area contributed by atoms with Crippen LogP contribution >= 0.6 is 11.3 Å². The molecule has 2 aromatic heterocycles. The molecule has 1 aliphatic heterocycles. The molecule has 1 N–H and O–H groups in total. The van der Waals surface area contributed by atoms with Crippen molar-refractivity contribution in [3.63, 3.8) is 0 Å². The fraction of sp³-hybridized carbons (Fsp3) is 0.529. The van der Waals surface area contributed by atoms with Gasteiger partial charge in [0.2, 0.25) is 5.91 Å². The SMILES string of the molecule is O=C(C1CCCC1)N1CCC(Nc2ccnc3ccsc23)C1. The van der Waals surface area contributed by atoms with Gasteiger partial charge in [-0.05, 0) is 36.8 Å². The van der Waals surface area contributed by atoms with Gasteiger partial charge >= 0.3 is 0 Å². The van der Waals surface area contributed by atoms with E-state index in [1.165, 1.54) is 17.5 Å². The fourth-order valence-corrected chi connectivity index (χ4v) is 4.54. The highest BCUT2D eigenvalue weighted by Gasteiger charge is 2.32. The number of likely N-dealkylation sites (tertiary alicyclic amines) is 1. The van der Waals surface area contributed by atoms with E-state index in [1.54, 1.807) is 11.3 Å². The van der Waals surface area contributed by atoms with E-state index >= 15 is 0 Å². The minimum absolute atomic E-state index is 0.295. The van der Waals surface area contributed by atoms with Gasteiger partial charge in [0.05, 0.1) is 15.9 Å². The van der Waals surface area contributed by atoms with Crippen LogP contribution in [0, 0.1) is 5.92 Å². The molecule has 5 heteroatoms. The Morgan fingerprint density at radius 1 is 1.27 bits per heavy atom. The van der Waals surface area contributed by atoms with E-state index in [1.807, 2.05) is 12.3 Å². The van der Waals surface area contributed by atoms with Crippen LogP contribution in [0.5, 0.6) is 0 Å². The highest BCUT2D eigenvalue weighted by Crippen LogP contribution is 2.30. The molecular weight excluding hydrogens is 294 g/mol. The summed E-state index contributed by atoms with van der Waals surface area (Å²) in [5, 5.41) is 5.70. The van der Waals surface area contributed by atoms with Gasteiger partial charge in [-0.3, -0.25) is 9.78 Å². The monoisotopic (exact) mass is 315 g/mol. The topological polar surface area (TPSA) is 45.2 Å². The van der Waals surface area contributed by atoms with Crippen LogP contribution < -0.4 is 5.32 Å². The second-order valence-electron chi connectivity index (χ2n) is 6.39. The number of nitrogens with one attached hydrogen (secondary N) is 1. The Balaban J connectivity index is 1.42. The van der Waals surface area contributed by atoms with E-state index < -0.39 is 0 Å². The summed E-state index contributed by atoms with van der Waals surface area (Å²) in [6, 6.07) is 4.45. The third-order valence-corrected chi connectivity index (χ3v) is 5.84. The predicted octanol–water partition coefficient (Wildman–Crippen LogP) is 3.50. The van der Waals surface area contributed by atoms with E-state index in [2.05, 4.69) is 26.6 Å². The molecule has 1 unspecified atom stereocenters. The van der Waals surface area contributed by atoms with Crippen LogP contribution in [-0.2, 0) is 4.79 Å². The zero-order chi connectivity index (χ0) is 14.9. The second kappa shape index (κ2) is 5.88. The number of nitrogens with zero attached hydrogens (tertiary/aromatic N) is 2. The lowest BCUT2D eigenvalue weighted by molar-refractivity contribution is -0.134. The summed E-state index contributed by atoms with van der Waals surface area (Å²) in [6.07, 6.45) is 7.52. The molecule has 2 fully saturated rings. The first-order valence-electron chi connectivity index (χ1n) is 8.19. The zero-order valence-electron chi connectivity index (χ0n) is 12.6. The van der Waals surface area contributed by atoms with Gasteiger partial charge in [-0.1, -0.05) is 12.8 Å². The molecule has 1 saturated heterocycles. The molecule has 1 saturated carbocycles. The Hall–Kier alpha value is -1.62. The van der Waals surface area contributed by atoms with Gasteiger partial charge in [0.15, 0.2) is 0 Å². The van der Waals surface area contributed by atoms with Crippen LogP contribution in [-0.4, -0.2) is 34.9 Å². The van der Waals surface area contributed by atoms with Crippen LogP contribution in [0.3, 0.4) is 0 Å². The van der Waals surface area contributed by atoms with Gasteiger partial charge in [-0.2, -0.15) is 0 Å². The molecule has 1 amide bonds. The normalized spacial score (nSPS) is 22.5. The Morgan fingerprint density at radius 2 is 2.14 bits per heavy atom. The Kier molecular flexibility index (Phi) is 3.74. The van der Waals surface area contributed by atoms with Crippen molar-refractivity contribution in [2.75, 3.05) is 18.4 Å². The molecule has 116 valence electrons. The summed E-state index contributed by atoms with van der Waals surface area (Å²) in [6.45, 7) is 1.73. The lowest BCUT2D eigenvalue weighted by atomic mass is 10.1. The maximum atomic E-state index is 12.5. The Morgan fingerprint density at radius 3 is 3.00 bits per heavy atom. The number of thiophene rings is 1. The summed E-state index contributed by atoms with van der Waals surface area (Å²) >= 11 is 1.72. The summed E-state index contributed by atoms with van der Waals surface area (Å²) < 4.78 is 1.21. The number of carbonyl (C=O) groups is 1. The molecule has 22 heavy (non-hydrogen) atoms. The maximum absolute atomic E-state index is 12.5. The lowest BCUT2D eigenvalue weighted by Gasteiger charge is -2.21. The smallest absolute Gasteiger partial charge is 0.225 e. The van der Waals surface area contributed by atoms with Crippen molar-refractivity contribution in [3.8, 4) is 0 Å². The minimum Gasteiger partial charge on any atom is -0.379 e. The molecule has 0 bridgehead atoms. The second-order valence-corrected chi connectivity index (χ2v) is 7.31. The van der Waals surface area contributed by atoms with Crippen molar-refractivity contribution < 1.29 is 4.79 Å².